The fraction of sp³-hybridized carbons (Fsp3) is 0.152. The number of benzene rings is 4. The Hall–Kier alpha value is -4.71. The highest BCUT2D eigenvalue weighted by molar-refractivity contribution is 5.99. The highest BCUT2D eigenvalue weighted by Gasteiger charge is 2.42. The summed E-state index contributed by atoms with van der Waals surface area (Å²) in [6.45, 7) is 4.50. The Morgan fingerprint density at radius 2 is 1.54 bits per heavy atom. The molecule has 0 bridgehead atoms. The van der Waals surface area contributed by atoms with Gasteiger partial charge in [0, 0.05) is 6.54 Å². The topological polar surface area (TPSA) is 59.8 Å². The predicted octanol–water partition coefficient (Wildman–Crippen LogP) is 6.87. The third-order valence-electron chi connectivity index (χ3n) is 7.29. The van der Waals surface area contributed by atoms with Crippen LogP contribution in [0.25, 0.3) is 11.0 Å². The van der Waals surface area contributed by atoms with Gasteiger partial charge in [-0.05, 0) is 78.1 Å². The maximum Gasteiger partial charge on any atom is 0.291 e. The highest BCUT2D eigenvalue weighted by atomic mass is 19.1. The third-order valence-corrected chi connectivity index (χ3v) is 7.29. The van der Waals surface area contributed by atoms with Crippen molar-refractivity contribution < 1.29 is 18.3 Å². The molecule has 1 aliphatic rings. The van der Waals surface area contributed by atoms with Crippen molar-refractivity contribution in [2.75, 3.05) is 0 Å². The molecule has 0 radical (unpaired) electrons. The SMILES string of the molecule is Cc1cc2oc3c(c(=O)c2cc1C)C(c1ccc(OCc2ccccc2)cc1)N(Cc1ccc(F)cc1)C3=O. The molecule has 1 atom stereocenters. The van der Waals surface area contributed by atoms with E-state index in [1.807, 2.05) is 74.5 Å². The van der Waals surface area contributed by atoms with E-state index in [0.717, 1.165) is 27.8 Å². The molecule has 5 nitrogen and oxygen atoms in total. The zero-order valence-corrected chi connectivity index (χ0v) is 21.6. The van der Waals surface area contributed by atoms with Crippen molar-refractivity contribution >= 4 is 16.9 Å². The average molecular weight is 520 g/mol. The molecule has 4 aromatic carbocycles. The van der Waals surface area contributed by atoms with Crippen LogP contribution in [0, 0.1) is 19.7 Å². The monoisotopic (exact) mass is 519 g/mol. The van der Waals surface area contributed by atoms with Crippen molar-refractivity contribution in [3.05, 3.63) is 146 Å². The molecule has 1 aromatic heterocycles. The van der Waals surface area contributed by atoms with Crippen molar-refractivity contribution in [2.45, 2.75) is 33.0 Å². The van der Waals surface area contributed by atoms with Gasteiger partial charge in [0.2, 0.25) is 5.76 Å². The Morgan fingerprint density at radius 1 is 0.846 bits per heavy atom. The van der Waals surface area contributed by atoms with Crippen molar-refractivity contribution in [3.63, 3.8) is 0 Å². The number of nitrogens with zero attached hydrogens (tertiary/aromatic N) is 1. The van der Waals surface area contributed by atoms with Crippen LogP contribution in [0.15, 0.2) is 100 Å². The van der Waals surface area contributed by atoms with Gasteiger partial charge >= 0.3 is 0 Å². The summed E-state index contributed by atoms with van der Waals surface area (Å²) in [5.41, 5.74) is 4.98. The van der Waals surface area contributed by atoms with Crippen molar-refractivity contribution in [1.82, 2.24) is 4.90 Å². The van der Waals surface area contributed by atoms with Crippen LogP contribution in [0.3, 0.4) is 0 Å². The second kappa shape index (κ2) is 9.87. The molecule has 39 heavy (non-hydrogen) atoms. The summed E-state index contributed by atoms with van der Waals surface area (Å²) in [5, 5.41) is 0.445. The van der Waals surface area contributed by atoms with E-state index in [0.29, 0.717) is 28.9 Å². The van der Waals surface area contributed by atoms with Gasteiger partial charge in [-0.1, -0.05) is 54.6 Å². The minimum Gasteiger partial charge on any atom is -0.489 e. The van der Waals surface area contributed by atoms with E-state index in [4.69, 9.17) is 9.15 Å². The third kappa shape index (κ3) is 4.59. The van der Waals surface area contributed by atoms with E-state index >= 15 is 0 Å². The van der Waals surface area contributed by atoms with E-state index in [1.54, 1.807) is 23.1 Å². The molecular formula is C33H26FNO4. The molecule has 194 valence electrons. The number of ether oxygens (including phenoxy) is 1. The van der Waals surface area contributed by atoms with Crippen LogP contribution >= 0.6 is 0 Å². The zero-order valence-electron chi connectivity index (χ0n) is 21.6. The van der Waals surface area contributed by atoms with Gasteiger partial charge in [-0.3, -0.25) is 9.59 Å². The Kier molecular flexibility index (Phi) is 6.23. The lowest BCUT2D eigenvalue weighted by atomic mass is 9.97. The zero-order chi connectivity index (χ0) is 27.1. The Labute approximate surface area is 225 Å². The molecule has 0 N–H and O–H groups in total. The number of carbonyl (C=O) groups is 1. The van der Waals surface area contributed by atoms with Crippen molar-refractivity contribution in [1.29, 1.82) is 0 Å². The fourth-order valence-corrected chi connectivity index (χ4v) is 5.06. The number of hydrogen-bond acceptors (Lipinski definition) is 4. The molecule has 0 fully saturated rings. The predicted molar refractivity (Wildman–Crippen MR) is 147 cm³/mol. The van der Waals surface area contributed by atoms with E-state index in [-0.39, 0.29) is 29.5 Å². The lowest BCUT2D eigenvalue weighted by Gasteiger charge is -2.25. The number of halogens is 1. The van der Waals surface area contributed by atoms with E-state index < -0.39 is 6.04 Å². The number of hydrogen-bond donors (Lipinski definition) is 0. The average Bonchev–Trinajstić information content (AvgIpc) is 3.22. The van der Waals surface area contributed by atoms with Gasteiger partial charge in [-0.15, -0.1) is 0 Å². The molecule has 5 aromatic rings. The van der Waals surface area contributed by atoms with Crippen LogP contribution in [0.2, 0.25) is 0 Å². The molecule has 1 amide bonds. The van der Waals surface area contributed by atoms with E-state index in [2.05, 4.69) is 0 Å². The summed E-state index contributed by atoms with van der Waals surface area (Å²) in [4.78, 5) is 29.2. The van der Waals surface area contributed by atoms with Gasteiger partial charge in [0.05, 0.1) is 17.0 Å². The van der Waals surface area contributed by atoms with Crippen molar-refractivity contribution in [2.24, 2.45) is 0 Å². The summed E-state index contributed by atoms with van der Waals surface area (Å²) >= 11 is 0. The maximum atomic E-state index is 13.9. The van der Waals surface area contributed by atoms with Gasteiger partial charge in [-0.25, -0.2) is 4.39 Å². The number of aryl methyl sites for hydroxylation is 2. The molecule has 0 saturated heterocycles. The van der Waals surface area contributed by atoms with Crippen LogP contribution in [-0.4, -0.2) is 10.8 Å². The minimum atomic E-state index is -0.664. The van der Waals surface area contributed by atoms with Crippen LogP contribution in [0.1, 0.15) is 50.0 Å². The van der Waals surface area contributed by atoms with Gasteiger partial charge in [0.15, 0.2) is 5.43 Å². The largest absolute Gasteiger partial charge is 0.489 e. The van der Waals surface area contributed by atoms with Crippen LogP contribution < -0.4 is 10.2 Å². The summed E-state index contributed by atoms with van der Waals surface area (Å²) < 4.78 is 25.6. The Balaban J connectivity index is 1.42. The molecule has 0 spiro atoms. The maximum absolute atomic E-state index is 13.9. The van der Waals surface area contributed by atoms with Crippen LogP contribution in [0.4, 0.5) is 4.39 Å². The molecule has 1 aliphatic heterocycles. The minimum absolute atomic E-state index is 0.0484. The first kappa shape index (κ1) is 24.6. The van der Waals surface area contributed by atoms with Crippen molar-refractivity contribution in [3.8, 4) is 5.75 Å². The van der Waals surface area contributed by atoms with Gasteiger partial charge in [0.25, 0.3) is 5.91 Å². The first-order valence-electron chi connectivity index (χ1n) is 12.8. The number of fused-ring (bicyclic) bond motifs is 2. The summed E-state index contributed by atoms with van der Waals surface area (Å²) in [5.74, 6) is -0.00614. The molecule has 0 saturated carbocycles. The Morgan fingerprint density at radius 3 is 2.26 bits per heavy atom. The van der Waals surface area contributed by atoms with E-state index in [1.165, 1.54) is 12.1 Å². The lowest BCUT2D eigenvalue weighted by molar-refractivity contribution is 0.0714. The smallest absolute Gasteiger partial charge is 0.291 e. The quantitative estimate of drug-likeness (QED) is 0.246. The molecule has 2 heterocycles. The van der Waals surface area contributed by atoms with Gasteiger partial charge < -0.3 is 14.1 Å². The van der Waals surface area contributed by atoms with E-state index in [9.17, 15) is 14.0 Å². The molecular weight excluding hydrogens is 493 g/mol. The normalized spacial score (nSPS) is 14.6. The standard InChI is InChI=1S/C33H26FNO4/c1-20-16-27-28(17-21(20)2)39-32-29(31(27)36)30(35(33(32)37)18-22-8-12-25(34)13-9-22)24-10-14-26(15-11-24)38-19-23-6-4-3-5-7-23/h3-17,30H,18-19H2,1-2H3. The van der Waals surface area contributed by atoms with Crippen LogP contribution in [-0.2, 0) is 13.2 Å². The number of amides is 1. The van der Waals surface area contributed by atoms with Crippen LogP contribution in [0.5, 0.6) is 5.75 Å². The number of rotatable bonds is 6. The molecule has 6 heteroatoms. The Bertz CT molecular complexity index is 1740. The number of carbonyl (C=O) groups excluding carboxylic acids is 1. The van der Waals surface area contributed by atoms with Gasteiger partial charge in [-0.2, -0.15) is 0 Å². The summed E-state index contributed by atoms with van der Waals surface area (Å²) in [6, 6.07) is 26.3. The molecule has 6 rings (SSSR count). The molecule has 1 unspecified atom stereocenters. The van der Waals surface area contributed by atoms with Gasteiger partial charge in [0.1, 0.15) is 23.8 Å². The second-order valence-electron chi connectivity index (χ2n) is 9.91. The second-order valence-corrected chi connectivity index (χ2v) is 9.91. The first-order chi connectivity index (χ1) is 18.9. The fourth-order valence-electron chi connectivity index (χ4n) is 5.06. The lowest BCUT2D eigenvalue weighted by Crippen LogP contribution is -2.29. The molecule has 0 aliphatic carbocycles. The highest BCUT2D eigenvalue weighted by Crippen LogP contribution is 2.40. The summed E-state index contributed by atoms with van der Waals surface area (Å²) in [7, 11) is 0. The first-order valence-corrected chi connectivity index (χ1v) is 12.8. The summed E-state index contributed by atoms with van der Waals surface area (Å²) in [6.07, 6.45) is 0.